The van der Waals surface area contributed by atoms with Crippen LogP contribution in [0.4, 0.5) is 5.69 Å². The van der Waals surface area contributed by atoms with E-state index in [1.807, 2.05) is 0 Å². The van der Waals surface area contributed by atoms with E-state index in [0.29, 0.717) is 10.6 Å². The maximum Gasteiger partial charge on any atom is 0.111 e. The summed E-state index contributed by atoms with van der Waals surface area (Å²) in [4.78, 5) is 4.03. The predicted octanol–water partition coefficient (Wildman–Crippen LogP) is 1.64. The Hall–Kier alpha value is -0.810. The molecule has 0 unspecified atom stereocenters. The Bertz CT molecular complexity index is 291. The van der Waals surface area contributed by atoms with Gasteiger partial charge in [-0.25, -0.2) is 10.7 Å². The lowest BCUT2D eigenvalue weighted by Crippen LogP contribution is -2.26. The summed E-state index contributed by atoms with van der Waals surface area (Å²) in [6.45, 7) is 0.0244. The van der Waals surface area contributed by atoms with E-state index in [1.54, 1.807) is 25.2 Å². The van der Waals surface area contributed by atoms with E-state index in [2.05, 4.69) is 4.89 Å². The molecule has 0 saturated heterocycles. The minimum Gasteiger partial charge on any atom is -0.314 e. The van der Waals surface area contributed by atoms with E-state index in [1.165, 1.54) is 5.01 Å². The van der Waals surface area contributed by atoms with Gasteiger partial charge in [0.1, 0.15) is 6.61 Å². The molecule has 4 nitrogen and oxygen atoms in total. The van der Waals surface area contributed by atoms with Gasteiger partial charge < -0.3 is 5.01 Å². The monoisotopic (exact) mass is 202 g/mol. The Labute approximate surface area is 81.4 Å². The van der Waals surface area contributed by atoms with Crippen LogP contribution in [0.25, 0.3) is 0 Å². The molecule has 5 heteroatoms. The zero-order chi connectivity index (χ0) is 9.84. The normalized spacial score (nSPS) is 10.2. The van der Waals surface area contributed by atoms with Gasteiger partial charge in [0.15, 0.2) is 0 Å². The number of nitrogens with zero attached hydrogens (tertiary/aromatic N) is 1. The molecule has 0 heterocycles. The fourth-order valence-corrected chi connectivity index (χ4v) is 1.31. The minimum atomic E-state index is 0.0244. The first-order valence-electron chi connectivity index (χ1n) is 3.69. The highest BCUT2D eigenvalue weighted by molar-refractivity contribution is 6.31. The number of hydrogen-bond acceptors (Lipinski definition) is 4. The van der Waals surface area contributed by atoms with Crippen molar-refractivity contribution in [2.24, 2.45) is 5.84 Å². The number of benzene rings is 1. The fourth-order valence-electron chi connectivity index (χ4n) is 1.09. The van der Waals surface area contributed by atoms with Gasteiger partial charge in [0, 0.05) is 17.6 Å². The first-order valence-corrected chi connectivity index (χ1v) is 4.06. The largest absolute Gasteiger partial charge is 0.314 e. The van der Waals surface area contributed by atoms with Crippen LogP contribution in [-0.2, 0) is 11.5 Å². The van der Waals surface area contributed by atoms with Crippen LogP contribution in [0.1, 0.15) is 5.56 Å². The molecule has 1 aromatic rings. The molecule has 0 aliphatic heterocycles. The maximum atomic E-state index is 8.33. The number of hydrogen-bond donors (Lipinski definition) is 2. The molecular weight excluding hydrogens is 192 g/mol. The first-order chi connectivity index (χ1) is 6.16. The second-order valence-corrected chi connectivity index (χ2v) is 3.03. The molecule has 0 saturated carbocycles. The van der Waals surface area contributed by atoms with Gasteiger partial charge in [-0.15, -0.1) is 0 Å². The van der Waals surface area contributed by atoms with Crippen molar-refractivity contribution in [2.45, 2.75) is 6.61 Å². The lowest BCUT2D eigenvalue weighted by atomic mass is 10.2. The van der Waals surface area contributed by atoms with Crippen molar-refractivity contribution >= 4 is 17.3 Å². The molecule has 0 amide bonds. The van der Waals surface area contributed by atoms with E-state index >= 15 is 0 Å². The molecule has 0 aromatic heterocycles. The molecule has 0 aliphatic carbocycles. The van der Waals surface area contributed by atoms with Gasteiger partial charge >= 0.3 is 0 Å². The third-order valence-corrected chi connectivity index (χ3v) is 2.04. The number of rotatable bonds is 3. The number of nitrogens with two attached hydrogens (primary N) is 1. The van der Waals surface area contributed by atoms with Gasteiger partial charge in [-0.1, -0.05) is 17.7 Å². The maximum absolute atomic E-state index is 8.33. The van der Waals surface area contributed by atoms with Gasteiger partial charge in [0.25, 0.3) is 0 Å². The number of halogens is 1. The minimum absolute atomic E-state index is 0.0244. The molecule has 0 fully saturated rings. The molecule has 0 aliphatic rings. The van der Waals surface area contributed by atoms with E-state index in [0.717, 1.165) is 5.69 Å². The van der Waals surface area contributed by atoms with Crippen LogP contribution >= 0.6 is 11.6 Å². The molecule has 0 atom stereocenters. The van der Waals surface area contributed by atoms with Crippen LogP contribution in [0.3, 0.4) is 0 Å². The highest BCUT2D eigenvalue weighted by atomic mass is 35.5. The van der Waals surface area contributed by atoms with Crippen LogP contribution in [0.15, 0.2) is 18.2 Å². The quantitative estimate of drug-likeness (QED) is 0.445. The van der Waals surface area contributed by atoms with Gasteiger partial charge in [-0.05, 0) is 12.1 Å². The third-order valence-electron chi connectivity index (χ3n) is 1.68. The average Bonchev–Trinajstić information content (AvgIpc) is 2.08. The summed E-state index contributed by atoms with van der Waals surface area (Å²) < 4.78 is 0. The Morgan fingerprint density at radius 3 is 2.85 bits per heavy atom. The standard InChI is InChI=1S/C8H11ClN2O2/c1-11(10)8-4-2-3-7(9)6(8)5-13-12/h2-4,12H,5,10H2,1H3. The summed E-state index contributed by atoms with van der Waals surface area (Å²) in [6.07, 6.45) is 0. The predicted molar refractivity (Wildman–Crippen MR) is 51.5 cm³/mol. The lowest BCUT2D eigenvalue weighted by molar-refractivity contribution is -0.252. The SMILES string of the molecule is CN(N)c1cccc(Cl)c1COO. The van der Waals surface area contributed by atoms with Gasteiger partial charge in [-0.3, -0.25) is 5.26 Å². The highest BCUT2D eigenvalue weighted by Crippen LogP contribution is 2.25. The van der Waals surface area contributed by atoms with Crippen molar-refractivity contribution in [1.82, 2.24) is 0 Å². The second kappa shape index (κ2) is 4.43. The Morgan fingerprint density at radius 1 is 1.62 bits per heavy atom. The summed E-state index contributed by atoms with van der Waals surface area (Å²) in [5.74, 6) is 5.55. The molecule has 1 rings (SSSR count). The Balaban J connectivity index is 3.09. The topological polar surface area (TPSA) is 58.7 Å². The van der Waals surface area contributed by atoms with E-state index in [-0.39, 0.29) is 6.61 Å². The fraction of sp³-hybridized carbons (Fsp3) is 0.250. The molecular formula is C8H11ClN2O2. The molecule has 13 heavy (non-hydrogen) atoms. The molecule has 1 aromatic carbocycles. The molecule has 0 radical (unpaired) electrons. The first kappa shape index (κ1) is 10.3. The van der Waals surface area contributed by atoms with Gasteiger partial charge in [-0.2, -0.15) is 0 Å². The molecule has 72 valence electrons. The van der Waals surface area contributed by atoms with Crippen molar-refractivity contribution in [3.05, 3.63) is 28.8 Å². The van der Waals surface area contributed by atoms with Gasteiger partial charge in [0.2, 0.25) is 0 Å². The molecule has 3 N–H and O–H groups in total. The Kier molecular flexibility index (Phi) is 3.50. The van der Waals surface area contributed by atoms with Crippen LogP contribution in [-0.4, -0.2) is 12.3 Å². The second-order valence-electron chi connectivity index (χ2n) is 2.62. The van der Waals surface area contributed by atoms with Crippen molar-refractivity contribution in [3.8, 4) is 0 Å². The van der Waals surface area contributed by atoms with Crippen LogP contribution in [0.2, 0.25) is 5.02 Å². The zero-order valence-corrected chi connectivity index (χ0v) is 7.95. The van der Waals surface area contributed by atoms with E-state index in [9.17, 15) is 0 Å². The highest BCUT2D eigenvalue weighted by Gasteiger charge is 2.08. The van der Waals surface area contributed by atoms with E-state index < -0.39 is 0 Å². The third kappa shape index (κ3) is 2.32. The number of hydrazine groups is 1. The van der Waals surface area contributed by atoms with E-state index in [4.69, 9.17) is 22.7 Å². The molecule has 0 bridgehead atoms. The zero-order valence-electron chi connectivity index (χ0n) is 7.20. The smallest absolute Gasteiger partial charge is 0.111 e. The number of anilines is 1. The molecule has 0 spiro atoms. The summed E-state index contributed by atoms with van der Waals surface area (Å²) in [5, 5.41) is 10.3. The van der Waals surface area contributed by atoms with Crippen molar-refractivity contribution in [2.75, 3.05) is 12.1 Å². The van der Waals surface area contributed by atoms with Crippen LogP contribution < -0.4 is 10.9 Å². The van der Waals surface area contributed by atoms with Gasteiger partial charge in [0.05, 0.1) is 5.69 Å². The van der Waals surface area contributed by atoms with Crippen molar-refractivity contribution in [3.63, 3.8) is 0 Å². The summed E-state index contributed by atoms with van der Waals surface area (Å²) in [6, 6.07) is 5.28. The lowest BCUT2D eigenvalue weighted by Gasteiger charge is -2.16. The summed E-state index contributed by atoms with van der Waals surface area (Å²) >= 11 is 5.88. The van der Waals surface area contributed by atoms with Crippen LogP contribution in [0.5, 0.6) is 0 Å². The van der Waals surface area contributed by atoms with Crippen molar-refractivity contribution in [1.29, 1.82) is 0 Å². The average molecular weight is 203 g/mol. The van der Waals surface area contributed by atoms with Crippen LogP contribution in [0, 0.1) is 0 Å². The van der Waals surface area contributed by atoms with Crippen molar-refractivity contribution < 1.29 is 10.1 Å². The Morgan fingerprint density at radius 2 is 2.31 bits per heavy atom. The summed E-state index contributed by atoms with van der Waals surface area (Å²) in [7, 11) is 1.69. The summed E-state index contributed by atoms with van der Waals surface area (Å²) in [5.41, 5.74) is 1.39.